The molecular formula is C8H6CdCl6O4. The standard InChI is InChI=1S/2C4H3Cl3O2.Cd/c2*5-4(6,7)2-1-3(8)9;/h2*1-2H,(H,8,9);/b2*2-1+;. The molecule has 0 radical (unpaired) electrons. The third-order valence-electron chi connectivity index (χ3n) is 0.830. The minimum Gasteiger partial charge on any atom is -0.478 e. The number of rotatable bonds is 2. The zero-order valence-electron chi connectivity index (χ0n) is 9.00. The van der Waals surface area contributed by atoms with Crippen molar-refractivity contribution in [1.29, 1.82) is 0 Å². The maximum atomic E-state index is 9.78. The summed E-state index contributed by atoms with van der Waals surface area (Å²) in [4.78, 5) is 19.6. The number of carbonyl (C=O) groups is 2. The normalized spacial score (nSPS) is 11.7. The zero-order chi connectivity index (χ0) is 15.0. The van der Waals surface area contributed by atoms with Gasteiger partial charge in [0.1, 0.15) is 0 Å². The molecule has 0 aromatic heterocycles. The minimum atomic E-state index is -1.61. The van der Waals surface area contributed by atoms with E-state index in [-0.39, 0.29) is 27.3 Å². The van der Waals surface area contributed by atoms with E-state index in [4.69, 9.17) is 79.8 Å². The van der Waals surface area contributed by atoms with Gasteiger partial charge in [-0.05, 0) is 12.2 Å². The fourth-order valence-corrected chi connectivity index (χ4v) is 0.710. The van der Waals surface area contributed by atoms with Crippen LogP contribution in [0.2, 0.25) is 0 Å². The Labute approximate surface area is 159 Å². The molecule has 0 saturated carbocycles. The summed E-state index contributed by atoms with van der Waals surface area (Å²) in [6, 6.07) is 0. The Bertz CT molecular complexity index is 310. The Kier molecular flexibility index (Phi) is 15.4. The first kappa shape index (κ1) is 25.1. The summed E-state index contributed by atoms with van der Waals surface area (Å²) in [6.07, 6.45) is 3.46. The molecule has 0 rings (SSSR count). The molecule has 0 spiro atoms. The average Bonchev–Trinajstić information content (AvgIpc) is 2.10. The first-order chi connectivity index (χ1) is 7.83. The number of hydrogen-bond acceptors (Lipinski definition) is 2. The topological polar surface area (TPSA) is 74.6 Å². The zero-order valence-corrected chi connectivity index (χ0v) is 17.6. The number of allylic oxidation sites excluding steroid dienone is 2. The number of aliphatic carboxylic acids is 2. The van der Waals surface area contributed by atoms with Crippen LogP contribution in [0.3, 0.4) is 0 Å². The fourth-order valence-electron chi connectivity index (χ4n) is 0.332. The van der Waals surface area contributed by atoms with Gasteiger partial charge in [-0.2, -0.15) is 0 Å². The molecule has 0 aromatic rings. The van der Waals surface area contributed by atoms with E-state index in [1.807, 2.05) is 0 Å². The van der Waals surface area contributed by atoms with Crippen molar-refractivity contribution in [2.75, 3.05) is 0 Å². The second kappa shape index (κ2) is 11.7. The SMILES string of the molecule is O=C(O)/C=C/C(Cl)(Cl)Cl.O=C(O)/C=C/C(Cl)(Cl)Cl.[Cd]. The fraction of sp³-hybridized carbons (Fsp3) is 0.250. The van der Waals surface area contributed by atoms with E-state index in [1.165, 1.54) is 0 Å². The van der Waals surface area contributed by atoms with Crippen molar-refractivity contribution in [3.63, 3.8) is 0 Å². The molecule has 0 saturated heterocycles. The minimum absolute atomic E-state index is 0. The van der Waals surface area contributed by atoms with Crippen LogP contribution < -0.4 is 0 Å². The Morgan fingerprint density at radius 1 is 0.737 bits per heavy atom. The van der Waals surface area contributed by atoms with Crippen LogP contribution in [-0.4, -0.2) is 29.7 Å². The van der Waals surface area contributed by atoms with Crippen LogP contribution in [0.25, 0.3) is 0 Å². The van der Waals surface area contributed by atoms with E-state index in [0.717, 1.165) is 24.3 Å². The van der Waals surface area contributed by atoms with E-state index in [2.05, 4.69) is 0 Å². The summed E-state index contributed by atoms with van der Waals surface area (Å²) < 4.78 is -3.23. The molecule has 11 heteroatoms. The quantitative estimate of drug-likeness (QED) is 0.348. The van der Waals surface area contributed by atoms with Crippen molar-refractivity contribution < 1.29 is 47.1 Å². The molecule has 106 valence electrons. The third kappa shape index (κ3) is 32.5. The molecule has 2 N–H and O–H groups in total. The summed E-state index contributed by atoms with van der Waals surface area (Å²) in [5.41, 5.74) is 0. The predicted molar refractivity (Wildman–Crippen MR) is 74.1 cm³/mol. The van der Waals surface area contributed by atoms with Crippen molar-refractivity contribution in [2.45, 2.75) is 7.59 Å². The summed E-state index contributed by atoms with van der Waals surface area (Å²) in [6.45, 7) is 0. The number of hydrogen-bond donors (Lipinski definition) is 2. The average molecular weight is 491 g/mol. The molecule has 0 fully saturated rings. The van der Waals surface area contributed by atoms with Gasteiger partial charge in [-0.25, -0.2) is 9.59 Å². The van der Waals surface area contributed by atoms with Crippen molar-refractivity contribution in [3.05, 3.63) is 24.3 Å². The molecule has 0 aliphatic rings. The molecule has 0 aromatic carbocycles. The van der Waals surface area contributed by atoms with Gasteiger partial charge in [-0.15, -0.1) is 0 Å². The smallest absolute Gasteiger partial charge is 0.328 e. The van der Waals surface area contributed by atoms with Crippen LogP contribution in [0.1, 0.15) is 0 Å². The molecular weight excluding hydrogens is 485 g/mol. The van der Waals surface area contributed by atoms with E-state index < -0.39 is 19.5 Å². The Hall–Kier alpha value is 1.08. The second-order valence-electron chi connectivity index (χ2n) is 2.43. The maximum Gasteiger partial charge on any atom is 0.328 e. The Balaban J connectivity index is -0.000000256. The first-order valence-electron chi connectivity index (χ1n) is 3.81. The maximum absolute atomic E-state index is 9.78. The van der Waals surface area contributed by atoms with E-state index >= 15 is 0 Å². The van der Waals surface area contributed by atoms with Crippen molar-refractivity contribution in [1.82, 2.24) is 0 Å². The number of alkyl halides is 6. The number of carboxylic acids is 2. The van der Waals surface area contributed by atoms with Gasteiger partial charge in [-0.1, -0.05) is 69.6 Å². The summed E-state index contributed by atoms with van der Waals surface area (Å²) in [5.74, 6) is -2.28. The van der Waals surface area contributed by atoms with Crippen LogP contribution in [0.5, 0.6) is 0 Å². The summed E-state index contributed by atoms with van der Waals surface area (Å²) in [7, 11) is 0. The molecule has 0 bridgehead atoms. The van der Waals surface area contributed by atoms with Gasteiger partial charge >= 0.3 is 11.9 Å². The van der Waals surface area contributed by atoms with Crippen LogP contribution in [0, 0.1) is 0 Å². The molecule has 0 aliphatic carbocycles. The van der Waals surface area contributed by atoms with Gasteiger partial charge < -0.3 is 10.2 Å². The monoisotopic (exact) mass is 490 g/mol. The molecule has 0 amide bonds. The van der Waals surface area contributed by atoms with Gasteiger partial charge in [0, 0.05) is 39.5 Å². The molecule has 0 unspecified atom stereocenters. The van der Waals surface area contributed by atoms with Crippen LogP contribution in [-0.2, 0) is 36.9 Å². The summed E-state index contributed by atoms with van der Waals surface area (Å²) in [5, 5.41) is 16.0. The van der Waals surface area contributed by atoms with E-state index in [1.54, 1.807) is 0 Å². The summed E-state index contributed by atoms with van der Waals surface area (Å²) >= 11 is 30.9. The third-order valence-corrected chi connectivity index (χ3v) is 1.59. The van der Waals surface area contributed by atoms with Gasteiger partial charge in [0.25, 0.3) is 0 Å². The van der Waals surface area contributed by atoms with Crippen LogP contribution in [0.4, 0.5) is 0 Å². The molecule has 0 aliphatic heterocycles. The predicted octanol–water partition coefficient (Wildman–Crippen LogP) is 3.99. The van der Waals surface area contributed by atoms with Crippen molar-refractivity contribution >= 4 is 81.5 Å². The largest absolute Gasteiger partial charge is 0.478 e. The Morgan fingerprint density at radius 3 is 1.00 bits per heavy atom. The van der Waals surface area contributed by atoms with Crippen molar-refractivity contribution in [2.24, 2.45) is 0 Å². The van der Waals surface area contributed by atoms with Crippen molar-refractivity contribution in [3.8, 4) is 0 Å². The molecule has 4 nitrogen and oxygen atoms in total. The number of carboxylic acid groups (broad SMARTS) is 2. The van der Waals surface area contributed by atoms with Gasteiger partial charge in [0.15, 0.2) is 0 Å². The molecule has 0 heterocycles. The van der Waals surface area contributed by atoms with Gasteiger partial charge in [0.2, 0.25) is 7.59 Å². The number of halogens is 6. The molecule has 19 heavy (non-hydrogen) atoms. The van der Waals surface area contributed by atoms with Crippen LogP contribution in [0.15, 0.2) is 24.3 Å². The van der Waals surface area contributed by atoms with Gasteiger partial charge in [-0.3, -0.25) is 0 Å². The second-order valence-corrected chi connectivity index (χ2v) is 7.16. The Morgan fingerprint density at radius 2 is 0.947 bits per heavy atom. The van der Waals surface area contributed by atoms with E-state index in [9.17, 15) is 9.59 Å². The van der Waals surface area contributed by atoms with Gasteiger partial charge in [0.05, 0.1) is 0 Å². The van der Waals surface area contributed by atoms with Crippen LogP contribution >= 0.6 is 69.6 Å². The van der Waals surface area contributed by atoms with E-state index in [0.29, 0.717) is 0 Å². The first-order valence-corrected chi connectivity index (χ1v) is 6.08. The molecule has 0 atom stereocenters.